The van der Waals surface area contributed by atoms with Crippen LogP contribution >= 0.6 is 11.8 Å². The van der Waals surface area contributed by atoms with Gasteiger partial charge in [-0.15, -0.1) is 0 Å². The van der Waals surface area contributed by atoms with Gasteiger partial charge in [-0.1, -0.05) is 23.9 Å². The van der Waals surface area contributed by atoms with Crippen LogP contribution < -0.4 is 4.74 Å². The molecule has 3 nitrogen and oxygen atoms in total. The molecule has 0 amide bonds. The second-order valence-electron chi connectivity index (χ2n) is 2.73. The summed E-state index contributed by atoms with van der Waals surface area (Å²) in [7, 11) is 0. The molecule has 72 valence electrons. The highest BCUT2D eigenvalue weighted by Crippen LogP contribution is 2.36. The smallest absolute Gasteiger partial charge is 0.342 e. The van der Waals surface area contributed by atoms with Crippen molar-refractivity contribution < 1.29 is 14.6 Å². The number of rotatable bonds is 1. The Morgan fingerprint density at radius 2 is 2.21 bits per heavy atom. The molecule has 0 spiro atoms. The lowest BCUT2D eigenvalue weighted by atomic mass is 10.3. The SMILES string of the molecule is O=C(O)C1=CCOc2ccccc2S1. The number of para-hydroxylation sites is 1. The van der Waals surface area contributed by atoms with Gasteiger partial charge in [0.05, 0.1) is 9.80 Å². The third-order valence-electron chi connectivity index (χ3n) is 1.79. The van der Waals surface area contributed by atoms with Crippen LogP contribution in [0.5, 0.6) is 5.75 Å². The van der Waals surface area contributed by atoms with E-state index in [1.165, 1.54) is 11.8 Å². The molecule has 4 heteroatoms. The Kier molecular flexibility index (Phi) is 2.45. The Morgan fingerprint density at radius 3 is 3.00 bits per heavy atom. The predicted molar refractivity (Wildman–Crippen MR) is 53.5 cm³/mol. The van der Waals surface area contributed by atoms with Gasteiger partial charge in [-0.2, -0.15) is 0 Å². The molecule has 14 heavy (non-hydrogen) atoms. The van der Waals surface area contributed by atoms with Gasteiger partial charge >= 0.3 is 5.97 Å². The van der Waals surface area contributed by atoms with Crippen LogP contribution in [0.25, 0.3) is 0 Å². The second kappa shape index (κ2) is 3.75. The van der Waals surface area contributed by atoms with Gasteiger partial charge in [-0.3, -0.25) is 0 Å². The van der Waals surface area contributed by atoms with Gasteiger partial charge in [0.15, 0.2) is 0 Å². The Balaban J connectivity index is 2.34. The fraction of sp³-hybridized carbons (Fsp3) is 0.100. The molecule has 0 saturated carbocycles. The van der Waals surface area contributed by atoms with E-state index in [2.05, 4.69) is 0 Å². The van der Waals surface area contributed by atoms with Crippen LogP contribution in [0.15, 0.2) is 40.1 Å². The first kappa shape index (κ1) is 9.15. The molecule has 0 bridgehead atoms. The van der Waals surface area contributed by atoms with Crippen LogP contribution in [0.2, 0.25) is 0 Å². The molecule has 1 aliphatic heterocycles. The lowest BCUT2D eigenvalue weighted by Crippen LogP contribution is -1.97. The summed E-state index contributed by atoms with van der Waals surface area (Å²) >= 11 is 1.22. The zero-order chi connectivity index (χ0) is 9.97. The van der Waals surface area contributed by atoms with Gasteiger partial charge in [0.2, 0.25) is 0 Å². The highest BCUT2D eigenvalue weighted by molar-refractivity contribution is 8.04. The van der Waals surface area contributed by atoms with E-state index in [0.29, 0.717) is 11.5 Å². The minimum Gasteiger partial charge on any atom is -0.488 e. The van der Waals surface area contributed by atoms with Gasteiger partial charge in [0, 0.05) is 0 Å². The number of carboxylic acid groups (broad SMARTS) is 1. The number of carboxylic acids is 1. The fourth-order valence-corrected chi connectivity index (χ4v) is 2.00. The first-order valence-electron chi connectivity index (χ1n) is 4.10. The van der Waals surface area contributed by atoms with Crippen molar-refractivity contribution in [2.24, 2.45) is 0 Å². The number of fused-ring (bicyclic) bond motifs is 1. The summed E-state index contributed by atoms with van der Waals surface area (Å²) in [5.41, 5.74) is 0. The highest BCUT2D eigenvalue weighted by atomic mass is 32.2. The van der Waals surface area contributed by atoms with Crippen molar-refractivity contribution in [2.75, 3.05) is 6.61 Å². The predicted octanol–water partition coefficient (Wildman–Crippen LogP) is 2.14. The Morgan fingerprint density at radius 1 is 1.43 bits per heavy atom. The summed E-state index contributed by atoms with van der Waals surface area (Å²) in [6.07, 6.45) is 1.58. The quantitative estimate of drug-likeness (QED) is 0.768. The maximum atomic E-state index is 10.8. The van der Waals surface area contributed by atoms with Crippen LogP contribution in [0.3, 0.4) is 0 Å². The topological polar surface area (TPSA) is 46.5 Å². The summed E-state index contributed by atoms with van der Waals surface area (Å²) in [5.74, 6) is -0.166. The molecule has 0 radical (unpaired) electrons. The van der Waals surface area contributed by atoms with Crippen LogP contribution in [-0.2, 0) is 4.79 Å². The Labute approximate surface area is 85.4 Å². The third kappa shape index (κ3) is 1.75. The molecule has 0 saturated heterocycles. The molecule has 0 aliphatic carbocycles. The molecule has 1 aromatic rings. The zero-order valence-electron chi connectivity index (χ0n) is 7.27. The van der Waals surface area contributed by atoms with E-state index in [0.717, 1.165) is 10.6 Å². The largest absolute Gasteiger partial charge is 0.488 e. The van der Waals surface area contributed by atoms with Crippen molar-refractivity contribution in [2.45, 2.75) is 4.90 Å². The first-order valence-corrected chi connectivity index (χ1v) is 4.92. The molecule has 0 atom stereocenters. The Bertz CT molecular complexity index is 398. The average Bonchev–Trinajstić information content (AvgIpc) is 2.39. The van der Waals surface area contributed by atoms with Crippen LogP contribution in [-0.4, -0.2) is 17.7 Å². The van der Waals surface area contributed by atoms with E-state index in [1.54, 1.807) is 6.08 Å². The molecule has 2 rings (SSSR count). The molecule has 0 fully saturated rings. The molecular weight excluding hydrogens is 200 g/mol. The normalized spacial score (nSPS) is 14.7. The minimum atomic E-state index is -0.907. The van der Waals surface area contributed by atoms with Crippen molar-refractivity contribution in [1.82, 2.24) is 0 Å². The van der Waals surface area contributed by atoms with Gasteiger partial charge in [-0.25, -0.2) is 4.79 Å². The van der Waals surface area contributed by atoms with E-state index in [9.17, 15) is 4.79 Å². The van der Waals surface area contributed by atoms with Crippen molar-refractivity contribution in [3.05, 3.63) is 35.2 Å². The van der Waals surface area contributed by atoms with Crippen molar-refractivity contribution in [3.8, 4) is 5.75 Å². The fourth-order valence-electron chi connectivity index (χ4n) is 1.15. The minimum absolute atomic E-state index is 0.311. The number of hydrogen-bond donors (Lipinski definition) is 1. The maximum absolute atomic E-state index is 10.8. The maximum Gasteiger partial charge on any atom is 0.342 e. The third-order valence-corrected chi connectivity index (χ3v) is 2.91. The molecular formula is C10H8O3S. The molecule has 0 unspecified atom stereocenters. The number of hydrogen-bond acceptors (Lipinski definition) is 3. The van der Waals surface area contributed by atoms with E-state index in [1.807, 2.05) is 24.3 Å². The van der Waals surface area contributed by atoms with Gasteiger partial charge in [0.1, 0.15) is 12.4 Å². The lowest BCUT2D eigenvalue weighted by Gasteiger charge is -2.04. The number of ether oxygens (including phenoxy) is 1. The van der Waals surface area contributed by atoms with Crippen molar-refractivity contribution >= 4 is 17.7 Å². The monoisotopic (exact) mass is 208 g/mol. The number of carbonyl (C=O) groups is 1. The van der Waals surface area contributed by atoms with Crippen molar-refractivity contribution in [3.63, 3.8) is 0 Å². The highest BCUT2D eigenvalue weighted by Gasteiger charge is 2.15. The standard InChI is InChI=1S/C10H8O3S/c11-10(12)9-5-6-13-7-3-1-2-4-8(7)14-9/h1-5H,6H2,(H,11,12). The number of aliphatic carboxylic acids is 1. The number of thioether (sulfide) groups is 1. The van der Waals surface area contributed by atoms with Crippen molar-refractivity contribution in [1.29, 1.82) is 0 Å². The van der Waals surface area contributed by atoms with Gasteiger partial charge in [0.25, 0.3) is 0 Å². The van der Waals surface area contributed by atoms with Gasteiger partial charge < -0.3 is 9.84 Å². The van der Waals surface area contributed by atoms with E-state index < -0.39 is 5.97 Å². The molecule has 1 heterocycles. The van der Waals surface area contributed by atoms with Crippen LogP contribution in [0.1, 0.15) is 0 Å². The summed E-state index contributed by atoms with van der Waals surface area (Å²) in [5, 5.41) is 8.84. The average molecular weight is 208 g/mol. The molecule has 1 aliphatic rings. The molecule has 0 aromatic heterocycles. The summed E-state index contributed by atoms with van der Waals surface area (Å²) in [4.78, 5) is 11.9. The van der Waals surface area contributed by atoms with Crippen LogP contribution in [0.4, 0.5) is 0 Å². The summed E-state index contributed by atoms with van der Waals surface area (Å²) < 4.78 is 5.37. The second-order valence-corrected chi connectivity index (χ2v) is 3.82. The summed E-state index contributed by atoms with van der Waals surface area (Å²) in [6.45, 7) is 0.311. The van der Waals surface area contributed by atoms with Crippen LogP contribution in [0, 0.1) is 0 Å². The Hall–Kier alpha value is -1.42. The van der Waals surface area contributed by atoms with Gasteiger partial charge in [-0.05, 0) is 18.2 Å². The van der Waals surface area contributed by atoms with E-state index in [-0.39, 0.29) is 0 Å². The lowest BCUT2D eigenvalue weighted by molar-refractivity contribution is -0.131. The van der Waals surface area contributed by atoms with E-state index >= 15 is 0 Å². The first-order chi connectivity index (χ1) is 6.77. The number of benzene rings is 1. The molecule has 1 aromatic carbocycles. The summed E-state index contributed by atoms with van der Waals surface area (Å²) in [6, 6.07) is 7.41. The zero-order valence-corrected chi connectivity index (χ0v) is 8.08. The van der Waals surface area contributed by atoms with E-state index in [4.69, 9.17) is 9.84 Å². The molecule has 1 N–H and O–H groups in total.